The summed E-state index contributed by atoms with van der Waals surface area (Å²) in [5.74, 6) is 0. The van der Waals surface area contributed by atoms with Gasteiger partial charge in [0.1, 0.15) is 0 Å². The molecule has 0 atom stereocenters. The predicted molar refractivity (Wildman–Crippen MR) is 51.1 cm³/mol. The van der Waals surface area contributed by atoms with Crippen molar-refractivity contribution in [3.63, 3.8) is 0 Å². The van der Waals surface area contributed by atoms with Gasteiger partial charge in [0.05, 0.1) is 29.1 Å². The number of nitrogens with zero attached hydrogens (tertiary/aromatic N) is 4. The molecular weight excluding hydrogens is 232 g/mol. The van der Waals surface area contributed by atoms with E-state index in [2.05, 4.69) is 31.0 Å². The van der Waals surface area contributed by atoms with Crippen LogP contribution in [0.2, 0.25) is 0 Å². The quantitative estimate of drug-likeness (QED) is 0.797. The van der Waals surface area contributed by atoms with Gasteiger partial charge in [0.25, 0.3) is 0 Å². The zero-order valence-corrected chi connectivity index (χ0v) is 8.35. The van der Waals surface area contributed by atoms with E-state index >= 15 is 0 Å². The molecule has 0 radical (unpaired) electrons. The van der Waals surface area contributed by atoms with Crippen LogP contribution < -0.4 is 0 Å². The minimum Gasteiger partial charge on any atom is -0.266 e. The number of halogens is 1. The van der Waals surface area contributed by atoms with Crippen molar-refractivity contribution in [2.45, 2.75) is 6.54 Å². The van der Waals surface area contributed by atoms with Crippen molar-refractivity contribution >= 4 is 15.9 Å². The standard InChI is InChI=1S/C8H7BrN4/c9-7-3-12-13(5-7)6-8-4-10-1-2-11-8/h1-5H,6H2. The third kappa shape index (κ3) is 2.12. The maximum absolute atomic E-state index is 4.14. The first-order valence-electron chi connectivity index (χ1n) is 3.77. The molecule has 0 amide bonds. The van der Waals surface area contributed by atoms with Crippen LogP contribution >= 0.6 is 15.9 Å². The lowest BCUT2D eigenvalue weighted by Crippen LogP contribution is -2.01. The topological polar surface area (TPSA) is 43.6 Å². The highest BCUT2D eigenvalue weighted by molar-refractivity contribution is 9.10. The SMILES string of the molecule is Brc1cnn(Cc2cnccn2)c1. The Balaban J connectivity index is 2.15. The summed E-state index contributed by atoms with van der Waals surface area (Å²) in [5.41, 5.74) is 0.901. The van der Waals surface area contributed by atoms with E-state index in [9.17, 15) is 0 Å². The first-order chi connectivity index (χ1) is 6.34. The Bertz CT molecular complexity index is 384. The molecule has 0 unspecified atom stereocenters. The lowest BCUT2D eigenvalue weighted by Gasteiger charge is -1.98. The first kappa shape index (κ1) is 8.37. The van der Waals surface area contributed by atoms with Crippen molar-refractivity contribution in [3.8, 4) is 0 Å². The van der Waals surface area contributed by atoms with E-state index in [-0.39, 0.29) is 0 Å². The molecule has 0 aliphatic rings. The zero-order valence-electron chi connectivity index (χ0n) is 6.76. The predicted octanol–water partition coefficient (Wildman–Crippen LogP) is 1.48. The Morgan fingerprint density at radius 3 is 2.85 bits per heavy atom. The van der Waals surface area contributed by atoms with Gasteiger partial charge in [-0.25, -0.2) is 0 Å². The highest BCUT2D eigenvalue weighted by Crippen LogP contribution is 2.07. The van der Waals surface area contributed by atoms with Crippen molar-refractivity contribution in [2.24, 2.45) is 0 Å². The molecular formula is C8H7BrN4. The van der Waals surface area contributed by atoms with Crippen LogP contribution in [-0.4, -0.2) is 19.7 Å². The molecule has 0 fully saturated rings. The summed E-state index contributed by atoms with van der Waals surface area (Å²) in [6.45, 7) is 0.652. The molecule has 2 aromatic heterocycles. The van der Waals surface area contributed by atoms with E-state index in [4.69, 9.17) is 0 Å². The van der Waals surface area contributed by atoms with Crippen LogP contribution in [-0.2, 0) is 6.54 Å². The Hall–Kier alpha value is -1.23. The van der Waals surface area contributed by atoms with Gasteiger partial charge in [-0.05, 0) is 15.9 Å². The van der Waals surface area contributed by atoms with Gasteiger partial charge in [-0.1, -0.05) is 0 Å². The minimum absolute atomic E-state index is 0.652. The van der Waals surface area contributed by atoms with Crippen molar-refractivity contribution in [3.05, 3.63) is 41.2 Å². The average Bonchev–Trinajstić information content (AvgIpc) is 2.53. The van der Waals surface area contributed by atoms with Crippen LogP contribution in [0.25, 0.3) is 0 Å². The summed E-state index contributed by atoms with van der Waals surface area (Å²) in [4.78, 5) is 8.12. The highest BCUT2D eigenvalue weighted by atomic mass is 79.9. The summed E-state index contributed by atoms with van der Waals surface area (Å²) in [7, 11) is 0. The smallest absolute Gasteiger partial charge is 0.0847 e. The van der Waals surface area contributed by atoms with E-state index in [1.807, 2.05) is 6.20 Å². The number of aromatic nitrogens is 4. The van der Waals surface area contributed by atoms with Crippen LogP contribution in [0.1, 0.15) is 5.69 Å². The molecule has 13 heavy (non-hydrogen) atoms. The highest BCUT2D eigenvalue weighted by Gasteiger charge is 1.97. The van der Waals surface area contributed by atoms with Crippen LogP contribution in [0.5, 0.6) is 0 Å². The summed E-state index contributed by atoms with van der Waals surface area (Å²) < 4.78 is 2.77. The molecule has 0 aromatic carbocycles. The largest absolute Gasteiger partial charge is 0.266 e. The van der Waals surface area contributed by atoms with Crippen molar-refractivity contribution in [2.75, 3.05) is 0 Å². The van der Waals surface area contributed by atoms with E-state index < -0.39 is 0 Å². The van der Waals surface area contributed by atoms with Crippen LogP contribution in [0.15, 0.2) is 35.5 Å². The molecule has 0 aliphatic heterocycles. The second-order valence-electron chi connectivity index (χ2n) is 2.55. The van der Waals surface area contributed by atoms with Gasteiger partial charge in [-0.15, -0.1) is 0 Å². The molecule has 2 rings (SSSR count). The van der Waals surface area contributed by atoms with Crippen LogP contribution in [0.3, 0.4) is 0 Å². The number of hydrogen-bond donors (Lipinski definition) is 0. The fraction of sp³-hybridized carbons (Fsp3) is 0.125. The normalized spacial score (nSPS) is 10.2. The molecule has 5 heteroatoms. The fourth-order valence-electron chi connectivity index (χ4n) is 1.00. The van der Waals surface area contributed by atoms with Gasteiger partial charge >= 0.3 is 0 Å². The second-order valence-corrected chi connectivity index (χ2v) is 3.47. The van der Waals surface area contributed by atoms with Crippen molar-refractivity contribution in [1.82, 2.24) is 19.7 Å². The lowest BCUT2D eigenvalue weighted by molar-refractivity contribution is 0.669. The Kier molecular flexibility index (Phi) is 2.35. The second kappa shape index (κ2) is 3.66. The molecule has 0 aliphatic carbocycles. The third-order valence-corrected chi connectivity index (χ3v) is 1.95. The maximum Gasteiger partial charge on any atom is 0.0847 e. The summed E-state index contributed by atoms with van der Waals surface area (Å²) in [6, 6.07) is 0. The molecule has 0 bridgehead atoms. The Morgan fingerprint density at radius 2 is 2.23 bits per heavy atom. The van der Waals surface area contributed by atoms with Crippen molar-refractivity contribution in [1.29, 1.82) is 0 Å². The minimum atomic E-state index is 0.652. The van der Waals surface area contributed by atoms with Gasteiger partial charge < -0.3 is 0 Å². The Labute approximate surface area is 83.8 Å². The monoisotopic (exact) mass is 238 g/mol. The van der Waals surface area contributed by atoms with Crippen LogP contribution in [0, 0.1) is 0 Å². The first-order valence-corrected chi connectivity index (χ1v) is 4.57. The van der Waals surface area contributed by atoms with Gasteiger partial charge in [0.2, 0.25) is 0 Å². The molecule has 2 aromatic rings. The van der Waals surface area contributed by atoms with E-state index in [0.717, 1.165) is 10.2 Å². The summed E-state index contributed by atoms with van der Waals surface area (Å²) in [6.07, 6.45) is 8.71. The number of rotatable bonds is 2. The van der Waals surface area contributed by atoms with E-state index in [1.54, 1.807) is 29.5 Å². The zero-order chi connectivity index (χ0) is 9.10. The van der Waals surface area contributed by atoms with E-state index in [0.29, 0.717) is 6.54 Å². The van der Waals surface area contributed by atoms with Crippen LogP contribution in [0.4, 0.5) is 0 Å². The van der Waals surface area contributed by atoms with Gasteiger partial charge in [-0.2, -0.15) is 5.10 Å². The van der Waals surface area contributed by atoms with E-state index in [1.165, 1.54) is 0 Å². The maximum atomic E-state index is 4.14. The van der Waals surface area contributed by atoms with Gasteiger partial charge in [0, 0.05) is 18.6 Å². The van der Waals surface area contributed by atoms with Gasteiger partial charge in [0.15, 0.2) is 0 Å². The third-order valence-electron chi connectivity index (χ3n) is 1.54. The van der Waals surface area contributed by atoms with Crippen molar-refractivity contribution < 1.29 is 0 Å². The molecule has 0 saturated carbocycles. The summed E-state index contributed by atoms with van der Waals surface area (Å²) in [5, 5.41) is 4.11. The molecule has 0 saturated heterocycles. The number of hydrogen-bond acceptors (Lipinski definition) is 3. The lowest BCUT2D eigenvalue weighted by atomic mass is 10.4. The summed E-state index contributed by atoms with van der Waals surface area (Å²) >= 11 is 3.33. The molecule has 0 spiro atoms. The molecule has 66 valence electrons. The Morgan fingerprint density at radius 1 is 1.31 bits per heavy atom. The molecule has 0 N–H and O–H groups in total. The molecule has 4 nitrogen and oxygen atoms in total. The average molecular weight is 239 g/mol. The fourth-order valence-corrected chi connectivity index (χ4v) is 1.33. The molecule has 2 heterocycles. The van der Waals surface area contributed by atoms with Gasteiger partial charge in [-0.3, -0.25) is 14.6 Å².